The summed E-state index contributed by atoms with van der Waals surface area (Å²) < 4.78 is 6.09. The molecule has 4 aromatic carbocycles. The number of hydrogen-bond donors (Lipinski definition) is 4. The van der Waals surface area contributed by atoms with Crippen LogP contribution in [-0.2, 0) is 12.8 Å². The number of aromatic nitrogens is 1. The highest BCUT2D eigenvalue weighted by Crippen LogP contribution is 2.28. The minimum Gasteiger partial charge on any atom is -0.508 e. The smallest absolute Gasteiger partial charge is 0.272 e. The molecule has 0 bridgehead atoms. The third-order valence-corrected chi connectivity index (χ3v) is 6.61. The second-order valence-corrected chi connectivity index (χ2v) is 9.76. The molecule has 0 aliphatic rings. The molecule has 202 valence electrons. The van der Waals surface area contributed by atoms with Crippen LogP contribution in [0.2, 0.25) is 0 Å². The number of nitrogens with one attached hydrogen (secondary N) is 3. The van der Waals surface area contributed by atoms with Gasteiger partial charge in [0, 0.05) is 28.9 Å². The number of anilines is 1. The van der Waals surface area contributed by atoms with Crippen LogP contribution >= 0.6 is 0 Å². The summed E-state index contributed by atoms with van der Waals surface area (Å²) in [6.45, 7) is 2.28. The number of phenolic OH excluding ortho intramolecular Hbond substituents is 1. The molecule has 0 radical (unpaired) electrons. The van der Waals surface area contributed by atoms with E-state index < -0.39 is 0 Å². The van der Waals surface area contributed by atoms with E-state index in [4.69, 9.17) is 4.74 Å². The molecule has 1 aromatic heterocycles. The van der Waals surface area contributed by atoms with Crippen molar-refractivity contribution in [2.45, 2.75) is 25.8 Å². The molecule has 0 aliphatic carbocycles. The predicted octanol–water partition coefficient (Wildman–Crippen LogP) is 6.11. The Morgan fingerprint density at radius 1 is 0.850 bits per heavy atom. The molecule has 1 heterocycles. The highest BCUT2D eigenvalue weighted by molar-refractivity contribution is 6.07. The summed E-state index contributed by atoms with van der Waals surface area (Å²) in [4.78, 5) is 29.3. The van der Waals surface area contributed by atoms with Crippen molar-refractivity contribution in [3.63, 3.8) is 0 Å². The van der Waals surface area contributed by atoms with Gasteiger partial charge in [-0.15, -0.1) is 0 Å². The number of fused-ring (bicyclic) bond motifs is 1. The van der Waals surface area contributed by atoms with Crippen molar-refractivity contribution >= 4 is 28.4 Å². The Labute approximate surface area is 232 Å². The maximum absolute atomic E-state index is 13.1. The minimum absolute atomic E-state index is 0.0739. The van der Waals surface area contributed by atoms with Gasteiger partial charge in [-0.05, 0) is 66.9 Å². The van der Waals surface area contributed by atoms with E-state index in [2.05, 4.69) is 15.6 Å². The van der Waals surface area contributed by atoms with Gasteiger partial charge in [-0.25, -0.2) is 0 Å². The van der Waals surface area contributed by atoms with Gasteiger partial charge in [-0.3, -0.25) is 9.59 Å². The molecule has 1 unspecified atom stereocenters. The maximum atomic E-state index is 13.1. The molecule has 1 atom stereocenters. The van der Waals surface area contributed by atoms with Crippen molar-refractivity contribution in [1.82, 2.24) is 10.3 Å². The Morgan fingerprint density at radius 2 is 1.60 bits per heavy atom. The second kappa shape index (κ2) is 12.2. The van der Waals surface area contributed by atoms with Gasteiger partial charge in [-0.1, -0.05) is 60.7 Å². The number of para-hydroxylation sites is 1. The minimum atomic E-state index is -0.312. The second-order valence-electron chi connectivity index (χ2n) is 9.76. The van der Waals surface area contributed by atoms with Gasteiger partial charge in [0.25, 0.3) is 11.8 Å². The Morgan fingerprint density at radius 3 is 2.38 bits per heavy atom. The number of carbonyl (C=O) groups excluding carboxylic acids is 2. The summed E-state index contributed by atoms with van der Waals surface area (Å²) in [6, 6.07) is 31.3. The van der Waals surface area contributed by atoms with Gasteiger partial charge in [0.1, 0.15) is 17.2 Å². The normalized spacial score (nSPS) is 11.6. The largest absolute Gasteiger partial charge is 0.508 e. The lowest BCUT2D eigenvalue weighted by Crippen LogP contribution is -2.34. The molecule has 0 fully saturated rings. The van der Waals surface area contributed by atoms with E-state index in [9.17, 15) is 14.7 Å². The van der Waals surface area contributed by atoms with Gasteiger partial charge < -0.3 is 25.5 Å². The number of amides is 2. The molecule has 5 aromatic rings. The molecule has 4 N–H and O–H groups in total. The Kier molecular flexibility index (Phi) is 8.11. The SMILES string of the molecule is CC(Cc1ccccc1)NC(=O)c1ccc(NC(=O)c2cc3ccccc3[nH]2)c(OCCc2ccc(O)cc2)c1. The van der Waals surface area contributed by atoms with Gasteiger partial charge in [-0.2, -0.15) is 0 Å². The number of aromatic hydroxyl groups is 1. The number of carbonyl (C=O) groups is 2. The van der Waals surface area contributed by atoms with Crippen molar-refractivity contribution in [1.29, 1.82) is 0 Å². The number of ether oxygens (including phenoxy) is 1. The fourth-order valence-corrected chi connectivity index (χ4v) is 4.54. The van der Waals surface area contributed by atoms with Crippen molar-refractivity contribution in [3.8, 4) is 11.5 Å². The first-order valence-corrected chi connectivity index (χ1v) is 13.2. The van der Waals surface area contributed by atoms with Crippen molar-refractivity contribution < 1.29 is 19.4 Å². The lowest BCUT2D eigenvalue weighted by Gasteiger charge is -2.17. The van der Waals surface area contributed by atoms with Gasteiger partial charge in [0.15, 0.2) is 0 Å². The van der Waals surface area contributed by atoms with E-state index in [-0.39, 0.29) is 23.6 Å². The van der Waals surface area contributed by atoms with E-state index in [0.29, 0.717) is 42.1 Å². The number of H-pyrrole nitrogens is 1. The molecule has 40 heavy (non-hydrogen) atoms. The van der Waals surface area contributed by atoms with Gasteiger partial charge in [0.05, 0.1) is 12.3 Å². The van der Waals surface area contributed by atoms with Crippen LogP contribution in [0.4, 0.5) is 5.69 Å². The number of phenols is 1. The molecule has 0 saturated heterocycles. The lowest BCUT2D eigenvalue weighted by atomic mass is 10.1. The van der Waals surface area contributed by atoms with Crippen LogP contribution in [0, 0.1) is 0 Å². The zero-order valence-electron chi connectivity index (χ0n) is 22.2. The molecule has 0 aliphatic heterocycles. The molecule has 7 heteroatoms. The van der Waals surface area contributed by atoms with E-state index >= 15 is 0 Å². The fraction of sp³-hybridized carbons (Fsp3) is 0.152. The standard InChI is InChI=1S/C33H31N3O4/c1-22(19-24-7-3-2-4-8-24)34-32(38)26-13-16-29(31(21-26)40-18-17-23-11-14-27(37)15-12-23)36-33(39)30-20-25-9-5-6-10-28(25)35-30/h2-16,20-22,35,37H,17-19H2,1H3,(H,34,38)(H,36,39). The average molecular weight is 534 g/mol. The quantitative estimate of drug-likeness (QED) is 0.174. The first kappa shape index (κ1) is 26.6. The zero-order valence-corrected chi connectivity index (χ0v) is 22.2. The van der Waals surface area contributed by atoms with Crippen LogP contribution in [0.15, 0.2) is 103 Å². The van der Waals surface area contributed by atoms with Crippen molar-refractivity contribution in [3.05, 3.63) is 126 Å². The topological polar surface area (TPSA) is 103 Å². The maximum Gasteiger partial charge on any atom is 0.272 e. The number of aromatic amines is 1. The van der Waals surface area contributed by atoms with E-state index in [1.807, 2.05) is 73.7 Å². The van der Waals surface area contributed by atoms with E-state index in [0.717, 1.165) is 22.0 Å². The summed E-state index contributed by atoms with van der Waals surface area (Å²) in [5.74, 6) is 0.0621. The molecule has 2 amide bonds. The Balaban J connectivity index is 1.32. The first-order chi connectivity index (χ1) is 19.4. The monoisotopic (exact) mass is 533 g/mol. The van der Waals surface area contributed by atoms with Crippen LogP contribution in [-0.4, -0.2) is 34.6 Å². The molecule has 0 spiro atoms. The summed E-state index contributed by atoms with van der Waals surface area (Å²) in [6.07, 6.45) is 1.29. The third kappa shape index (κ3) is 6.69. The molecule has 0 saturated carbocycles. The van der Waals surface area contributed by atoms with Crippen molar-refractivity contribution in [2.24, 2.45) is 0 Å². The van der Waals surface area contributed by atoms with Crippen LogP contribution in [0.25, 0.3) is 10.9 Å². The number of benzene rings is 4. The summed E-state index contributed by atoms with van der Waals surface area (Å²) >= 11 is 0. The average Bonchev–Trinajstić information content (AvgIpc) is 3.40. The van der Waals surface area contributed by atoms with Gasteiger partial charge in [0.2, 0.25) is 0 Å². The highest BCUT2D eigenvalue weighted by Gasteiger charge is 2.17. The van der Waals surface area contributed by atoms with Crippen LogP contribution in [0.5, 0.6) is 11.5 Å². The van der Waals surface area contributed by atoms with E-state index in [1.165, 1.54) is 0 Å². The Hall–Kier alpha value is -5.04. The first-order valence-electron chi connectivity index (χ1n) is 13.2. The third-order valence-electron chi connectivity index (χ3n) is 6.61. The van der Waals surface area contributed by atoms with Crippen molar-refractivity contribution in [2.75, 3.05) is 11.9 Å². The molecule has 7 nitrogen and oxygen atoms in total. The summed E-state index contributed by atoms with van der Waals surface area (Å²) in [7, 11) is 0. The highest BCUT2D eigenvalue weighted by atomic mass is 16.5. The number of rotatable bonds is 10. The molecular weight excluding hydrogens is 502 g/mol. The lowest BCUT2D eigenvalue weighted by molar-refractivity contribution is 0.0939. The van der Waals surface area contributed by atoms with E-state index in [1.54, 1.807) is 36.4 Å². The van der Waals surface area contributed by atoms with Gasteiger partial charge >= 0.3 is 0 Å². The molecule has 5 rings (SSSR count). The summed E-state index contributed by atoms with van der Waals surface area (Å²) in [5, 5.41) is 16.4. The predicted molar refractivity (Wildman–Crippen MR) is 157 cm³/mol. The zero-order chi connectivity index (χ0) is 27.9. The summed E-state index contributed by atoms with van der Waals surface area (Å²) in [5.41, 5.74) is 4.32. The van der Waals surface area contributed by atoms with Crippen LogP contribution < -0.4 is 15.4 Å². The Bertz CT molecular complexity index is 1580. The van der Waals surface area contributed by atoms with Crippen LogP contribution in [0.1, 0.15) is 38.9 Å². The number of hydrogen-bond acceptors (Lipinski definition) is 4. The fourth-order valence-electron chi connectivity index (χ4n) is 4.54. The van der Waals surface area contributed by atoms with Crippen LogP contribution in [0.3, 0.4) is 0 Å². The molecular formula is C33H31N3O4.